The van der Waals surface area contributed by atoms with E-state index >= 15 is 0 Å². The second-order valence-electron chi connectivity index (χ2n) is 13.4. The fraction of sp³-hybridized carbons (Fsp3) is 0.0204. The highest BCUT2D eigenvalue weighted by Gasteiger charge is 2.25. The quantitative estimate of drug-likeness (QED) is 0.191. The van der Waals surface area contributed by atoms with Crippen LogP contribution in [-0.4, -0.2) is 0 Å². The summed E-state index contributed by atoms with van der Waals surface area (Å²) in [7, 11) is 0. The Morgan fingerprint density at radius 1 is 0.404 bits per heavy atom. The van der Waals surface area contributed by atoms with E-state index < -0.39 is 0 Å². The van der Waals surface area contributed by atoms with E-state index in [1.807, 2.05) is 18.2 Å². The smallest absolute Gasteiger partial charge is 0.196 e. The molecule has 10 rings (SSSR count). The van der Waals surface area contributed by atoms with Gasteiger partial charge in [0.1, 0.15) is 0 Å². The van der Waals surface area contributed by atoms with E-state index in [4.69, 9.17) is 4.74 Å². The molecule has 246 valence electrons. The van der Waals surface area contributed by atoms with Crippen LogP contribution < -0.4 is 15.0 Å². The van der Waals surface area contributed by atoms with Gasteiger partial charge in [-0.15, -0.1) is 0 Å². The minimum absolute atomic E-state index is 0.202. The Bertz CT molecular complexity index is 2740. The molecule has 0 aromatic heterocycles. The van der Waals surface area contributed by atoms with Gasteiger partial charge in [-0.3, -0.25) is 0 Å². The highest BCUT2D eigenvalue weighted by atomic mass is 16.5. The molecule has 0 saturated heterocycles. The van der Waals surface area contributed by atoms with Crippen LogP contribution in [0.3, 0.4) is 0 Å². The standard InChI is InChI=1S/C49H34N2O/c1-3-11-36(12-4-1)49-50-47-29-28-45-44(16-9-17-46(45)48(47)52-49)39-21-19-35-24-27-43(32-40(35)31-39)51(41-14-5-2-6-15-41)42-25-22-34(23-26-42)38-20-18-33-10-7-8-13-37(33)30-38/h1-32,49-50H. The zero-order chi connectivity index (χ0) is 34.4. The van der Waals surface area contributed by atoms with Crippen LogP contribution in [0.4, 0.5) is 22.7 Å². The predicted octanol–water partition coefficient (Wildman–Crippen LogP) is 13.5. The highest BCUT2D eigenvalue weighted by molar-refractivity contribution is 6.04. The number of nitrogens with zero attached hydrogens (tertiary/aromatic N) is 1. The molecule has 1 N–H and O–H groups in total. The van der Waals surface area contributed by atoms with Gasteiger partial charge in [-0.25, -0.2) is 0 Å². The van der Waals surface area contributed by atoms with Crippen LogP contribution in [0.2, 0.25) is 0 Å². The topological polar surface area (TPSA) is 24.5 Å². The molecule has 3 heteroatoms. The molecule has 0 aliphatic carbocycles. The van der Waals surface area contributed by atoms with Crippen molar-refractivity contribution in [2.75, 3.05) is 10.2 Å². The minimum Gasteiger partial charge on any atom is -0.464 e. The number of para-hydroxylation sites is 1. The van der Waals surface area contributed by atoms with Gasteiger partial charge in [-0.2, -0.15) is 0 Å². The third-order valence-electron chi connectivity index (χ3n) is 10.3. The Kier molecular flexibility index (Phi) is 7.21. The van der Waals surface area contributed by atoms with Crippen molar-refractivity contribution in [2.24, 2.45) is 0 Å². The van der Waals surface area contributed by atoms with Gasteiger partial charge in [0.25, 0.3) is 0 Å². The Morgan fingerprint density at radius 3 is 1.87 bits per heavy atom. The lowest BCUT2D eigenvalue weighted by atomic mass is 9.95. The molecule has 1 unspecified atom stereocenters. The van der Waals surface area contributed by atoms with E-state index in [0.29, 0.717) is 0 Å². The van der Waals surface area contributed by atoms with Crippen molar-refractivity contribution in [3.8, 4) is 28.0 Å². The maximum absolute atomic E-state index is 6.53. The molecule has 9 aromatic carbocycles. The number of rotatable bonds is 6. The van der Waals surface area contributed by atoms with Crippen molar-refractivity contribution in [1.82, 2.24) is 0 Å². The van der Waals surface area contributed by atoms with Gasteiger partial charge in [0.2, 0.25) is 0 Å². The van der Waals surface area contributed by atoms with Crippen LogP contribution in [0.25, 0.3) is 54.6 Å². The summed E-state index contributed by atoms with van der Waals surface area (Å²) in [6, 6.07) is 69.5. The summed E-state index contributed by atoms with van der Waals surface area (Å²) >= 11 is 0. The summed E-state index contributed by atoms with van der Waals surface area (Å²) in [4.78, 5) is 2.34. The van der Waals surface area contributed by atoms with E-state index in [1.165, 1.54) is 49.2 Å². The molecule has 0 amide bonds. The fourth-order valence-electron chi connectivity index (χ4n) is 7.63. The summed E-state index contributed by atoms with van der Waals surface area (Å²) in [6.45, 7) is 0. The first-order valence-corrected chi connectivity index (χ1v) is 17.8. The fourth-order valence-corrected chi connectivity index (χ4v) is 7.63. The number of ether oxygens (including phenoxy) is 1. The lowest BCUT2D eigenvalue weighted by Gasteiger charge is -2.26. The van der Waals surface area contributed by atoms with Crippen molar-refractivity contribution in [3.63, 3.8) is 0 Å². The SMILES string of the molecule is c1ccc(C2Nc3ccc4c(-c5ccc6ccc(N(c7ccccc7)c7ccc(-c8ccc9ccccc9c8)cc7)cc6c5)cccc4c3O2)cc1. The van der Waals surface area contributed by atoms with Gasteiger partial charge in [0.15, 0.2) is 12.0 Å². The van der Waals surface area contributed by atoms with Gasteiger partial charge in [0, 0.05) is 28.0 Å². The average Bonchev–Trinajstić information content (AvgIpc) is 3.67. The third-order valence-corrected chi connectivity index (χ3v) is 10.3. The van der Waals surface area contributed by atoms with E-state index in [-0.39, 0.29) is 6.23 Å². The van der Waals surface area contributed by atoms with Gasteiger partial charge in [-0.1, -0.05) is 140 Å². The average molecular weight is 667 g/mol. The first kappa shape index (κ1) is 30.0. The molecule has 1 heterocycles. The first-order chi connectivity index (χ1) is 25.7. The van der Waals surface area contributed by atoms with Crippen molar-refractivity contribution in [1.29, 1.82) is 0 Å². The van der Waals surface area contributed by atoms with Crippen molar-refractivity contribution >= 4 is 55.1 Å². The normalized spacial score (nSPS) is 13.5. The number of hydrogen-bond acceptors (Lipinski definition) is 3. The lowest BCUT2D eigenvalue weighted by Crippen LogP contribution is -2.09. The third kappa shape index (κ3) is 5.31. The molecule has 1 aliphatic heterocycles. The van der Waals surface area contributed by atoms with Crippen molar-refractivity contribution < 1.29 is 4.74 Å². The molecule has 0 fully saturated rings. The molecule has 0 radical (unpaired) electrons. The summed E-state index contributed by atoms with van der Waals surface area (Å²) in [5, 5.41) is 10.7. The number of benzene rings is 9. The highest BCUT2D eigenvalue weighted by Crippen LogP contribution is 2.46. The number of anilines is 4. The zero-order valence-electron chi connectivity index (χ0n) is 28.4. The molecule has 0 spiro atoms. The monoisotopic (exact) mass is 666 g/mol. The number of fused-ring (bicyclic) bond motifs is 5. The molecular formula is C49H34N2O. The van der Waals surface area contributed by atoms with Crippen LogP contribution >= 0.6 is 0 Å². The Labute approximate surface area is 303 Å². The Morgan fingerprint density at radius 2 is 1.04 bits per heavy atom. The summed E-state index contributed by atoms with van der Waals surface area (Å²) in [6.07, 6.45) is -0.202. The van der Waals surface area contributed by atoms with E-state index in [1.54, 1.807) is 0 Å². The molecule has 0 saturated carbocycles. The molecule has 1 aliphatic rings. The lowest BCUT2D eigenvalue weighted by molar-refractivity contribution is 0.262. The van der Waals surface area contributed by atoms with Gasteiger partial charge in [0.05, 0.1) is 5.69 Å². The van der Waals surface area contributed by atoms with E-state index in [2.05, 4.69) is 186 Å². The first-order valence-electron chi connectivity index (χ1n) is 17.8. The maximum Gasteiger partial charge on any atom is 0.196 e. The Balaban J connectivity index is 1.02. The van der Waals surface area contributed by atoms with Gasteiger partial charge in [-0.05, 0) is 104 Å². The molecule has 52 heavy (non-hydrogen) atoms. The van der Waals surface area contributed by atoms with Crippen molar-refractivity contribution in [2.45, 2.75) is 6.23 Å². The van der Waals surface area contributed by atoms with Gasteiger partial charge < -0.3 is 15.0 Å². The molecule has 0 bridgehead atoms. The molecule has 3 nitrogen and oxygen atoms in total. The largest absolute Gasteiger partial charge is 0.464 e. The number of nitrogens with one attached hydrogen (secondary N) is 1. The summed E-state index contributed by atoms with van der Waals surface area (Å²) in [5.74, 6) is 0.904. The van der Waals surface area contributed by atoms with Crippen LogP contribution in [0.1, 0.15) is 11.8 Å². The van der Waals surface area contributed by atoms with E-state index in [9.17, 15) is 0 Å². The number of hydrogen-bond donors (Lipinski definition) is 1. The van der Waals surface area contributed by atoms with Crippen LogP contribution in [-0.2, 0) is 0 Å². The molecular weight excluding hydrogens is 633 g/mol. The van der Waals surface area contributed by atoms with Gasteiger partial charge >= 0.3 is 0 Å². The van der Waals surface area contributed by atoms with Crippen LogP contribution in [0, 0.1) is 0 Å². The summed E-state index contributed by atoms with van der Waals surface area (Å²) in [5.41, 5.74) is 10.2. The second-order valence-corrected chi connectivity index (χ2v) is 13.4. The molecule has 1 atom stereocenters. The van der Waals surface area contributed by atoms with E-state index in [0.717, 1.165) is 39.4 Å². The zero-order valence-corrected chi connectivity index (χ0v) is 28.4. The Hall–Kier alpha value is -6.84. The second kappa shape index (κ2) is 12.5. The van der Waals surface area contributed by atoms with Crippen molar-refractivity contribution in [3.05, 3.63) is 200 Å². The predicted molar refractivity (Wildman–Crippen MR) is 218 cm³/mol. The van der Waals surface area contributed by atoms with Crippen LogP contribution in [0.5, 0.6) is 5.75 Å². The maximum atomic E-state index is 6.53. The van der Waals surface area contributed by atoms with Crippen LogP contribution in [0.15, 0.2) is 194 Å². The summed E-state index contributed by atoms with van der Waals surface area (Å²) < 4.78 is 6.53. The molecule has 9 aromatic rings. The minimum atomic E-state index is -0.202.